The lowest BCUT2D eigenvalue weighted by Gasteiger charge is -2.41. The van der Waals surface area contributed by atoms with Gasteiger partial charge in [-0.25, -0.2) is 0 Å². The SMILES string of the molecule is CC(C)Oc1ccc(CN2CCCCC2(C)C(=O)O)cc1. The van der Waals surface area contributed by atoms with Crippen LogP contribution < -0.4 is 4.74 Å². The van der Waals surface area contributed by atoms with Gasteiger partial charge in [-0.3, -0.25) is 9.69 Å². The van der Waals surface area contributed by atoms with Crippen LogP contribution in [0.25, 0.3) is 0 Å². The molecule has 1 fully saturated rings. The Morgan fingerprint density at radius 2 is 2.00 bits per heavy atom. The molecule has 1 aromatic carbocycles. The summed E-state index contributed by atoms with van der Waals surface area (Å²) in [4.78, 5) is 13.7. The summed E-state index contributed by atoms with van der Waals surface area (Å²) in [5, 5.41) is 9.53. The Kier molecular flexibility index (Phi) is 4.88. The predicted octanol–water partition coefficient (Wildman–Crippen LogP) is 3.30. The summed E-state index contributed by atoms with van der Waals surface area (Å²) in [7, 11) is 0. The number of hydrogen-bond donors (Lipinski definition) is 1. The fourth-order valence-electron chi connectivity index (χ4n) is 2.84. The molecule has 1 N–H and O–H groups in total. The van der Waals surface area contributed by atoms with Crippen LogP contribution in [0.15, 0.2) is 24.3 Å². The van der Waals surface area contributed by atoms with E-state index in [0.29, 0.717) is 6.54 Å². The summed E-state index contributed by atoms with van der Waals surface area (Å²) in [6.45, 7) is 7.35. The number of rotatable bonds is 5. The number of benzene rings is 1. The van der Waals surface area contributed by atoms with Crippen molar-refractivity contribution >= 4 is 5.97 Å². The number of likely N-dealkylation sites (tertiary alicyclic amines) is 1. The number of nitrogens with zero attached hydrogens (tertiary/aromatic N) is 1. The normalized spacial score (nSPS) is 23.2. The van der Waals surface area contributed by atoms with Crippen LogP contribution >= 0.6 is 0 Å². The topological polar surface area (TPSA) is 49.8 Å². The van der Waals surface area contributed by atoms with Gasteiger partial charge >= 0.3 is 5.97 Å². The molecule has 4 heteroatoms. The number of ether oxygens (including phenoxy) is 1. The maximum Gasteiger partial charge on any atom is 0.323 e. The van der Waals surface area contributed by atoms with E-state index in [1.807, 2.05) is 45.0 Å². The molecule has 0 aliphatic carbocycles. The van der Waals surface area contributed by atoms with E-state index in [9.17, 15) is 9.90 Å². The summed E-state index contributed by atoms with van der Waals surface area (Å²) in [6, 6.07) is 7.96. The van der Waals surface area contributed by atoms with Crippen molar-refractivity contribution in [2.75, 3.05) is 6.54 Å². The largest absolute Gasteiger partial charge is 0.491 e. The van der Waals surface area contributed by atoms with E-state index in [0.717, 1.165) is 37.1 Å². The third-order valence-electron chi connectivity index (χ3n) is 4.17. The molecule has 0 saturated carbocycles. The standard InChI is InChI=1S/C17H25NO3/c1-13(2)21-15-8-6-14(7-9-15)12-18-11-5-4-10-17(18,3)16(19)20/h6-9,13H,4-5,10-12H2,1-3H3,(H,19,20). The average Bonchev–Trinajstić information content (AvgIpc) is 2.43. The van der Waals surface area contributed by atoms with Gasteiger partial charge in [0.05, 0.1) is 6.10 Å². The van der Waals surface area contributed by atoms with Gasteiger partial charge in [0.15, 0.2) is 0 Å². The first-order chi connectivity index (χ1) is 9.91. The first-order valence-electron chi connectivity index (χ1n) is 7.66. The van der Waals surface area contributed by atoms with Crippen molar-refractivity contribution in [1.82, 2.24) is 4.90 Å². The molecular weight excluding hydrogens is 266 g/mol. The van der Waals surface area contributed by atoms with Crippen LogP contribution in [0.3, 0.4) is 0 Å². The summed E-state index contributed by atoms with van der Waals surface area (Å²) in [5.74, 6) is 0.135. The van der Waals surface area contributed by atoms with Crippen LogP contribution in [0, 0.1) is 0 Å². The van der Waals surface area contributed by atoms with E-state index >= 15 is 0 Å². The first kappa shape index (κ1) is 15.8. The van der Waals surface area contributed by atoms with Crippen molar-refractivity contribution in [2.24, 2.45) is 0 Å². The van der Waals surface area contributed by atoms with E-state index in [1.165, 1.54) is 0 Å². The third-order valence-corrected chi connectivity index (χ3v) is 4.17. The number of carboxylic acid groups (broad SMARTS) is 1. The third kappa shape index (κ3) is 3.76. The van der Waals surface area contributed by atoms with Gasteiger partial charge in [0.2, 0.25) is 0 Å². The summed E-state index contributed by atoms with van der Waals surface area (Å²) in [5.41, 5.74) is 0.381. The Hall–Kier alpha value is -1.55. The summed E-state index contributed by atoms with van der Waals surface area (Å²) in [6.07, 6.45) is 2.93. The molecule has 0 spiro atoms. The molecule has 0 aromatic heterocycles. The molecule has 2 rings (SSSR count). The zero-order chi connectivity index (χ0) is 15.5. The monoisotopic (exact) mass is 291 g/mol. The van der Waals surface area contributed by atoms with Gasteiger partial charge in [0.25, 0.3) is 0 Å². The highest BCUT2D eigenvalue weighted by molar-refractivity contribution is 5.78. The molecular formula is C17H25NO3. The Morgan fingerprint density at radius 1 is 1.33 bits per heavy atom. The van der Waals surface area contributed by atoms with Crippen molar-refractivity contribution in [1.29, 1.82) is 0 Å². The molecule has 21 heavy (non-hydrogen) atoms. The number of piperidine rings is 1. The van der Waals surface area contributed by atoms with E-state index in [1.54, 1.807) is 0 Å². The zero-order valence-corrected chi connectivity index (χ0v) is 13.1. The van der Waals surface area contributed by atoms with Gasteiger partial charge in [-0.15, -0.1) is 0 Å². The fraction of sp³-hybridized carbons (Fsp3) is 0.588. The van der Waals surface area contributed by atoms with Crippen LogP contribution in [0.5, 0.6) is 5.75 Å². The van der Waals surface area contributed by atoms with E-state index in [2.05, 4.69) is 4.90 Å². The lowest BCUT2D eigenvalue weighted by Crippen LogP contribution is -2.54. The van der Waals surface area contributed by atoms with Crippen molar-refractivity contribution < 1.29 is 14.6 Å². The van der Waals surface area contributed by atoms with Gasteiger partial charge in [-0.2, -0.15) is 0 Å². The fourth-order valence-corrected chi connectivity index (χ4v) is 2.84. The summed E-state index contributed by atoms with van der Waals surface area (Å²) < 4.78 is 5.63. The van der Waals surface area contributed by atoms with Crippen molar-refractivity contribution in [3.8, 4) is 5.75 Å². The van der Waals surface area contributed by atoms with E-state index in [4.69, 9.17) is 4.74 Å². The van der Waals surface area contributed by atoms with Gasteiger partial charge in [-0.05, 0) is 64.3 Å². The Morgan fingerprint density at radius 3 is 2.57 bits per heavy atom. The smallest absolute Gasteiger partial charge is 0.323 e. The minimum atomic E-state index is -0.745. The molecule has 1 atom stereocenters. The molecule has 1 heterocycles. The van der Waals surface area contributed by atoms with Gasteiger partial charge < -0.3 is 9.84 Å². The molecule has 1 saturated heterocycles. The van der Waals surface area contributed by atoms with Crippen LogP contribution in [-0.2, 0) is 11.3 Å². The van der Waals surface area contributed by atoms with Gasteiger partial charge in [0.1, 0.15) is 11.3 Å². The molecule has 4 nitrogen and oxygen atoms in total. The summed E-state index contributed by atoms with van der Waals surface area (Å²) >= 11 is 0. The van der Waals surface area contributed by atoms with E-state index in [-0.39, 0.29) is 6.10 Å². The highest BCUT2D eigenvalue weighted by atomic mass is 16.5. The van der Waals surface area contributed by atoms with E-state index < -0.39 is 11.5 Å². The minimum absolute atomic E-state index is 0.160. The maximum atomic E-state index is 11.6. The molecule has 116 valence electrons. The van der Waals surface area contributed by atoms with Gasteiger partial charge in [-0.1, -0.05) is 12.1 Å². The average molecular weight is 291 g/mol. The van der Waals surface area contributed by atoms with Crippen LogP contribution in [0.4, 0.5) is 0 Å². The Labute approximate surface area is 126 Å². The quantitative estimate of drug-likeness (QED) is 0.904. The van der Waals surface area contributed by atoms with Gasteiger partial charge in [0, 0.05) is 6.54 Å². The van der Waals surface area contributed by atoms with Crippen LogP contribution in [-0.4, -0.2) is 34.2 Å². The van der Waals surface area contributed by atoms with Crippen molar-refractivity contribution in [3.05, 3.63) is 29.8 Å². The number of aliphatic carboxylic acids is 1. The highest BCUT2D eigenvalue weighted by Crippen LogP contribution is 2.30. The molecule has 0 bridgehead atoms. The second kappa shape index (κ2) is 6.48. The lowest BCUT2D eigenvalue weighted by atomic mass is 9.88. The first-order valence-corrected chi connectivity index (χ1v) is 7.66. The minimum Gasteiger partial charge on any atom is -0.491 e. The Bertz CT molecular complexity index is 483. The molecule has 1 unspecified atom stereocenters. The predicted molar refractivity (Wildman–Crippen MR) is 82.5 cm³/mol. The second-order valence-electron chi connectivity index (χ2n) is 6.27. The number of carbonyl (C=O) groups is 1. The second-order valence-corrected chi connectivity index (χ2v) is 6.27. The molecule has 0 amide bonds. The molecule has 1 aliphatic heterocycles. The highest BCUT2D eigenvalue weighted by Gasteiger charge is 2.41. The number of carboxylic acids is 1. The van der Waals surface area contributed by atoms with Crippen molar-refractivity contribution in [3.63, 3.8) is 0 Å². The van der Waals surface area contributed by atoms with Crippen LogP contribution in [0.2, 0.25) is 0 Å². The van der Waals surface area contributed by atoms with Crippen molar-refractivity contribution in [2.45, 2.75) is 58.2 Å². The Balaban J connectivity index is 2.07. The molecule has 0 radical (unpaired) electrons. The maximum absolute atomic E-state index is 11.6. The molecule has 1 aromatic rings. The lowest BCUT2D eigenvalue weighted by molar-refractivity contribution is -0.153. The molecule has 1 aliphatic rings. The van der Waals surface area contributed by atoms with Crippen LogP contribution in [0.1, 0.15) is 45.6 Å². The zero-order valence-electron chi connectivity index (χ0n) is 13.1. The number of hydrogen-bond acceptors (Lipinski definition) is 3.